The van der Waals surface area contributed by atoms with Gasteiger partial charge in [-0.05, 0) is 37.3 Å². The molecule has 188 valence electrons. The van der Waals surface area contributed by atoms with Crippen LogP contribution in [0.1, 0.15) is 56.5 Å². The van der Waals surface area contributed by atoms with Crippen LogP contribution in [0.3, 0.4) is 0 Å². The van der Waals surface area contributed by atoms with Crippen LogP contribution in [-0.2, 0) is 14.9 Å². The standard InChI is InChI=1S/C25H31N3O7/c1-22(2)15-7-12-19-14(35-19)8-26(12)10-24(15,28(33)34)9-25(22)11-5-6-13(29)16-17(11)27(21(25)32)23(3,4)20(31)18(16)30/h5-6,12,14-15,19-20,28-29,31,33H,7-10H2,1-4H3/t12-,14-,15-,19+,20-,24-,25+/m0/s1. The summed E-state index contributed by atoms with van der Waals surface area (Å²) in [6, 6.07) is 3.23. The number of phenolic OH excluding ortho intramolecular Hbond substituents is 1. The van der Waals surface area contributed by atoms with Gasteiger partial charge in [-0.25, -0.2) is 10.4 Å². The van der Waals surface area contributed by atoms with Crippen LogP contribution in [0.15, 0.2) is 12.1 Å². The Kier molecular flexibility index (Phi) is 3.84. The number of ether oxygens (including phenoxy) is 1. The molecule has 8 atom stereocenters. The second-order valence-electron chi connectivity index (χ2n) is 12.6. The first kappa shape index (κ1) is 22.1. The number of epoxide rings is 1. The van der Waals surface area contributed by atoms with E-state index < -0.39 is 39.0 Å². The van der Waals surface area contributed by atoms with Crippen molar-refractivity contribution in [3.8, 4) is 5.75 Å². The number of nitrogens with zero attached hydrogens (tertiary/aromatic N) is 2. The number of piperidine rings is 1. The molecule has 10 nitrogen and oxygen atoms in total. The molecule has 4 fully saturated rings. The molecule has 0 aromatic heterocycles. The van der Waals surface area contributed by atoms with E-state index in [4.69, 9.17) is 4.74 Å². The van der Waals surface area contributed by atoms with Gasteiger partial charge in [0.05, 0.1) is 34.9 Å². The summed E-state index contributed by atoms with van der Waals surface area (Å²) in [4.78, 5) is 31.5. The minimum Gasteiger partial charge on any atom is -0.600 e. The van der Waals surface area contributed by atoms with E-state index in [1.807, 2.05) is 13.8 Å². The lowest BCUT2D eigenvalue weighted by atomic mass is 9.60. The summed E-state index contributed by atoms with van der Waals surface area (Å²) in [6.45, 7) is 8.33. The number of nitrogens with one attached hydrogen (secondary N) is 1. The number of carbonyl (C=O) groups is 2. The van der Waals surface area contributed by atoms with Crippen molar-refractivity contribution in [3.63, 3.8) is 0 Å². The number of benzene rings is 1. The zero-order valence-electron chi connectivity index (χ0n) is 20.2. The number of amides is 1. The minimum atomic E-state index is -1.51. The van der Waals surface area contributed by atoms with Gasteiger partial charge in [-0.1, -0.05) is 19.9 Å². The molecule has 3 saturated heterocycles. The van der Waals surface area contributed by atoms with Crippen molar-refractivity contribution in [3.05, 3.63) is 28.5 Å². The van der Waals surface area contributed by atoms with Gasteiger partial charge in [-0.15, -0.1) is 0 Å². The summed E-state index contributed by atoms with van der Waals surface area (Å²) in [7, 11) is 0. The number of fused-ring (bicyclic) bond motifs is 5. The molecule has 1 saturated carbocycles. The van der Waals surface area contributed by atoms with Crippen molar-refractivity contribution in [1.82, 2.24) is 4.90 Å². The highest BCUT2D eigenvalue weighted by Gasteiger charge is 2.79. The van der Waals surface area contributed by atoms with Gasteiger partial charge in [0.2, 0.25) is 5.91 Å². The molecule has 0 radical (unpaired) electrons. The lowest BCUT2D eigenvalue weighted by Gasteiger charge is -2.51. The number of rotatable bonds is 1. The fraction of sp³-hybridized carbons (Fsp3) is 0.680. The van der Waals surface area contributed by atoms with E-state index in [9.17, 15) is 30.2 Å². The van der Waals surface area contributed by atoms with Crippen LogP contribution in [0.25, 0.3) is 0 Å². The zero-order valence-corrected chi connectivity index (χ0v) is 20.2. The highest BCUT2D eigenvalue weighted by atomic mass is 16.8. The van der Waals surface area contributed by atoms with Gasteiger partial charge in [0.15, 0.2) is 5.78 Å². The molecule has 1 amide bonds. The van der Waals surface area contributed by atoms with E-state index in [2.05, 4.69) is 4.90 Å². The number of ketones is 1. The summed E-state index contributed by atoms with van der Waals surface area (Å²) in [5.74, 6) is -1.49. The van der Waals surface area contributed by atoms with Gasteiger partial charge < -0.3 is 25.1 Å². The third kappa shape index (κ3) is 2.16. The number of hydrogen-bond acceptors (Lipinski definition) is 8. The van der Waals surface area contributed by atoms with Crippen LogP contribution in [0.5, 0.6) is 5.75 Å². The van der Waals surface area contributed by atoms with E-state index in [0.29, 0.717) is 30.8 Å². The number of hydroxylamine groups is 2. The maximum Gasteiger partial charge on any atom is 0.239 e. The largest absolute Gasteiger partial charge is 0.600 e. The van der Waals surface area contributed by atoms with Gasteiger partial charge in [0, 0.05) is 24.9 Å². The van der Waals surface area contributed by atoms with E-state index in [1.165, 1.54) is 11.0 Å². The molecule has 0 bridgehead atoms. The predicted molar refractivity (Wildman–Crippen MR) is 121 cm³/mol. The first-order chi connectivity index (χ1) is 16.3. The Balaban J connectivity index is 1.47. The molecular weight excluding hydrogens is 454 g/mol. The fourth-order valence-corrected chi connectivity index (χ4v) is 8.81. The number of aliphatic hydroxyl groups excluding tert-OH is 1. The topological polar surface area (TPSA) is 141 Å². The Morgan fingerprint density at radius 1 is 1.20 bits per heavy atom. The quantitative estimate of drug-likeness (QED) is 0.315. The summed E-state index contributed by atoms with van der Waals surface area (Å²) in [6.07, 6.45) is -0.460. The Morgan fingerprint density at radius 3 is 2.60 bits per heavy atom. The molecule has 1 spiro atoms. The number of aliphatic hydroxyl groups is 1. The van der Waals surface area contributed by atoms with Crippen molar-refractivity contribution >= 4 is 17.4 Å². The molecule has 1 unspecified atom stereocenters. The zero-order chi connectivity index (χ0) is 25.0. The number of aromatic hydroxyl groups is 1. The summed E-state index contributed by atoms with van der Waals surface area (Å²) >= 11 is 0. The number of carbonyl (C=O) groups excluding carboxylic acids is 2. The van der Waals surface area contributed by atoms with Gasteiger partial charge in [0.1, 0.15) is 23.5 Å². The maximum absolute atomic E-state index is 14.6. The second kappa shape index (κ2) is 6.07. The lowest BCUT2D eigenvalue weighted by Crippen LogP contribution is -3.16. The second-order valence-corrected chi connectivity index (χ2v) is 12.6. The van der Waals surface area contributed by atoms with Gasteiger partial charge in [-0.2, -0.15) is 0 Å². The molecule has 4 N–H and O–H groups in total. The smallest absolute Gasteiger partial charge is 0.239 e. The third-order valence-electron chi connectivity index (χ3n) is 10.6. The summed E-state index contributed by atoms with van der Waals surface area (Å²) in [5.41, 5.74) is -3.50. The monoisotopic (exact) mass is 485 g/mol. The van der Waals surface area contributed by atoms with E-state index in [0.717, 1.165) is 0 Å². The molecule has 1 aliphatic carbocycles. The molecule has 5 heterocycles. The van der Waals surface area contributed by atoms with Crippen molar-refractivity contribution in [1.29, 1.82) is 0 Å². The average molecular weight is 486 g/mol. The molecular formula is C25H31N3O7. The number of phenols is 1. The van der Waals surface area contributed by atoms with Crippen molar-refractivity contribution < 1.29 is 35.0 Å². The highest BCUT2D eigenvalue weighted by Crippen LogP contribution is 2.69. The number of anilines is 1. The maximum atomic E-state index is 14.6. The van der Waals surface area contributed by atoms with Crippen LogP contribution < -0.4 is 10.1 Å². The number of Topliss-reactive ketones (excluding diaryl/α,β-unsaturated/α-hetero) is 1. The van der Waals surface area contributed by atoms with Gasteiger partial charge >= 0.3 is 0 Å². The van der Waals surface area contributed by atoms with Crippen LogP contribution in [0.2, 0.25) is 0 Å². The Hall–Kier alpha value is -2.08. The number of morpholine rings is 1. The summed E-state index contributed by atoms with van der Waals surface area (Å²) < 4.78 is 5.79. The van der Waals surface area contributed by atoms with Crippen LogP contribution in [0.4, 0.5) is 5.69 Å². The Bertz CT molecular complexity index is 1210. The highest BCUT2D eigenvalue weighted by molar-refractivity contribution is 6.21. The van der Waals surface area contributed by atoms with Crippen molar-refractivity contribution in [2.75, 3.05) is 18.0 Å². The fourth-order valence-electron chi connectivity index (χ4n) is 8.81. The molecule has 10 heteroatoms. The van der Waals surface area contributed by atoms with Crippen LogP contribution >= 0.6 is 0 Å². The molecule has 1 aromatic carbocycles. The first-order valence-corrected chi connectivity index (χ1v) is 12.4. The average Bonchev–Trinajstić information content (AvgIpc) is 3.30. The Labute approximate surface area is 202 Å². The van der Waals surface area contributed by atoms with E-state index in [-0.39, 0.29) is 47.8 Å². The molecule has 35 heavy (non-hydrogen) atoms. The normalized spacial score (nSPS) is 44.8. The number of hydrogen-bond donors (Lipinski definition) is 4. The predicted octanol–water partition coefficient (Wildman–Crippen LogP) is -0.275. The van der Waals surface area contributed by atoms with Gasteiger partial charge in [-0.3, -0.25) is 14.5 Å². The van der Waals surface area contributed by atoms with Crippen molar-refractivity contribution in [2.24, 2.45) is 11.3 Å². The summed E-state index contributed by atoms with van der Waals surface area (Å²) in [5, 5.41) is 44.4. The SMILES string of the molecule is CC1(C)[C@@H](O)C(=O)c2c(O)ccc3c2N1C(=O)[C@@]31C[C@]2([NH+]([O-])O)CN3C[C@@H]4O[C@@H]4[C@@H]3C[C@H]2C1(C)C. The lowest BCUT2D eigenvalue weighted by molar-refractivity contribution is -1.09. The van der Waals surface area contributed by atoms with Crippen LogP contribution in [-0.4, -0.2) is 80.5 Å². The number of quaternary nitrogens is 1. The van der Waals surface area contributed by atoms with Crippen LogP contribution in [0, 0.1) is 16.5 Å². The first-order valence-electron chi connectivity index (χ1n) is 12.4. The third-order valence-corrected chi connectivity index (χ3v) is 10.6. The molecule has 5 aliphatic heterocycles. The van der Waals surface area contributed by atoms with Gasteiger partial charge in [0.25, 0.3) is 0 Å². The molecule has 7 rings (SSSR count). The van der Waals surface area contributed by atoms with E-state index in [1.54, 1.807) is 19.9 Å². The molecule has 1 aromatic rings. The van der Waals surface area contributed by atoms with E-state index >= 15 is 0 Å². The Morgan fingerprint density at radius 2 is 1.91 bits per heavy atom. The van der Waals surface area contributed by atoms with Crippen molar-refractivity contribution in [2.45, 2.75) is 81.4 Å². The molecule has 6 aliphatic rings. The minimum absolute atomic E-state index is 0.0514.